The van der Waals surface area contributed by atoms with Crippen LogP contribution in [-0.2, 0) is 21.7 Å². The van der Waals surface area contributed by atoms with E-state index in [4.69, 9.17) is 5.48 Å². The third-order valence-corrected chi connectivity index (χ3v) is 23.1. The molecule has 538 valence electrons. The number of aromatic nitrogens is 2. The molecule has 19 rings (SSSR count). The fourth-order valence-corrected chi connectivity index (χ4v) is 17.4. The molecule has 4 nitrogen and oxygen atoms in total. The lowest BCUT2D eigenvalue weighted by molar-refractivity contribution is 0.590. The topological polar surface area (TPSA) is 16.3 Å². The van der Waals surface area contributed by atoms with Gasteiger partial charge in [0.15, 0.2) is 0 Å². The molecular formula is C106H91BN4. The second-order valence-electron chi connectivity index (χ2n) is 34.2. The molecule has 5 heteroatoms. The smallest absolute Gasteiger partial charge is 0.252 e. The zero-order valence-electron chi connectivity index (χ0n) is 74.8. The number of nitrogens with zero attached hydrogens (tertiary/aromatic N) is 4. The van der Waals surface area contributed by atoms with Crippen LogP contribution < -0.4 is 26.2 Å². The lowest BCUT2D eigenvalue weighted by Gasteiger charge is -2.46. The van der Waals surface area contributed by atoms with Gasteiger partial charge in [-0.25, -0.2) is 0 Å². The summed E-state index contributed by atoms with van der Waals surface area (Å²) in [6.07, 6.45) is 0. The van der Waals surface area contributed by atoms with Crippen LogP contribution in [0, 0.1) is 0 Å². The Morgan fingerprint density at radius 1 is 0.261 bits per heavy atom. The molecule has 15 aromatic carbocycles. The van der Waals surface area contributed by atoms with E-state index in [1.165, 1.54) is 11.1 Å². The Morgan fingerprint density at radius 3 is 1.13 bits per heavy atom. The standard InChI is InChI=1S/C106H91BN4/c1-103(2,3)75-51-56-92-87(61-75)88-62-76(104(4,5)6)52-57-93(88)109(92)80-53-55-90-96(67-80)111(102-85(71-40-25-16-26-41-71)65-78(106(10,11)12)66-86(102)72-42-27-17-28-43-72)98-60-74(81-47-33-49-94-99(81)82-46-31-32-48-91(82)108(94)79-44-29-18-30-45-79)59-97-100(98)107(90)89-54-50-73(68-34-19-13-20-35-68)58-95(89)110(97)101-83(69-36-21-14-22-37-69)63-77(105(7,8)9)64-84(101)70-38-23-15-24-39-70/h13-67H,1-12H3/i13D,18D,19D,20D,29D,30D,34D,35D,44D,45D. The fourth-order valence-electron chi connectivity index (χ4n) is 17.4. The lowest BCUT2D eigenvalue weighted by atomic mass is 9.33. The van der Waals surface area contributed by atoms with E-state index >= 15 is 0 Å². The highest BCUT2D eigenvalue weighted by molar-refractivity contribution is 7.00. The molecule has 0 amide bonds. The van der Waals surface area contributed by atoms with Crippen LogP contribution in [0.25, 0.3) is 122 Å². The van der Waals surface area contributed by atoms with E-state index in [0.29, 0.717) is 16.6 Å². The molecule has 0 fully saturated rings. The molecule has 0 bridgehead atoms. The van der Waals surface area contributed by atoms with E-state index in [2.05, 4.69) is 322 Å². The van der Waals surface area contributed by atoms with Gasteiger partial charge in [0, 0.05) is 77.9 Å². The third kappa shape index (κ3) is 11.6. The number of hydrogen-bond acceptors (Lipinski definition) is 2. The minimum atomic E-state index is -0.591. The summed E-state index contributed by atoms with van der Waals surface area (Å²) in [5.41, 5.74) is 25.8. The molecule has 2 aliphatic rings. The average Bonchev–Trinajstić information content (AvgIpc) is 0.906. The molecule has 17 aromatic rings. The van der Waals surface area contributed by atoms with Crippen LogP contribution in [-0.4, -0.2) is 15.8 Å². The van der Waals surface area contributed by atoms with E-state index in [9.17, 15) is 8.22 Å². The first-order valence-electron chi connectivity index (χ1n) is 43.7. The van der Waals surface area contributed by atoms with Crippen LogP contribution in [0.4, 0.5) is 34.1 Å². The first kappa shape index (κ1) is 58.6. The maximum absolute atomic E-state index is 9.81. The summed E-state index contributed by atoms with van der Waals surface area (Å²) in [5.74, 6) is 0. The second kappa shape index (κ2) is 26.1. The fraction of sp³-hybridized carbons (Fsp3) is 0.151. The van der Waals surface area contributed by atoms with E-state index in [1.54, 1.807) is 0 Å². The summed E-state index contributed by atoms with van der Waals surface area (Å²) in [6, 6.07) is 94.1. The molecule has 4 heterocycles. The summed E-state index contributed by atoms with van der Waals surface area (Å²) in [5, 5.41) is 3.88. The molecule has 0 atom stereocenters. The Balaban J connectivity index is 1.05. The molecule has 0 N–H and O–H groups in total. The zero-order valence-corrected chi connectivity index (χ0v) is 64.8. The van der Waals surface area contributed by atoms with Gasteiger partial charge in [0.05, 0.1) is 47.1 Å². The van der Waals surface area contributed by atoms with Crippen molar-refractivity contribution >= 4 is 101 Å². The summed E-state index contributed by atoms with van der Waals surface area (Å²) in [7, 11) is 0. The molecule has 0 aliphatic carbocycles. The first-order valence-corrected chi connectivity index (χ1v) is 38.7. The number of hydrogen-bond donors (Lipinski definition) is 0. The van der Waals surface area contributed by atoms with Crippen molar-refractivity contribution < 1.29 is 13.7 Å². The van der Waals surface area contributed by atoms with Gasteiger partial charge in [0.25, 0.3) is 6.71 Å². The Morgan fingerprint density at radius 2 is 0.658 bits per heavy atom. The summed E-state index contributed by atoms with van der Waals surface area (Å²) < 4.78 is 97.9. The predicted molar refractivity (Wildman–Crippen MR) is 477 cm³/mol. The van der Waals surface area contributed by atoms with Crippen LogP contribution in [0.5, 0.6) is 0 Å². The predicted octanol–water partition coefficient (Wildman–Crippen LogP) is 27.2. The average molecular weight is 1440 g/mol. The van der Waals surface area contributed by atoms with Crippen molar-refractivity contribution in [1.82, 2.24) is 9.13 Å². The van der Waals surface area contributed by atoms with Gasteiger partial charge in [-0.05, 0) is 208 Å². The summed E-state index contributed by atoms with van der Waals surface area (Å²) in [6.45, 7) is 26.7. The van der Waals surface area contributed by atoms with Crippen molar-refractivity contribution in [3.63, 3.8) is 0 Å². The monoisotopic (exact) mass is 1440 g/mol. The number of para-hydroxylation sites is 2. The van der Waals surface area contributed by atoms with Crippen molar-refractivity contribution in [3.05, 3.63) is 356 Å². The second-order valence-corrected chi connectivity index (χ2v) is 34.2. The Hall–Kier alpha value is -12.4. The third-order valence-electron chi connectivity index (χ3n) is 23.1. The van der Waals surface area contributed by atoms with Gasteiger partial charge in [0.1, 0.15) is 0 Å². The molecule has 2 aromatic heterocycles. The minimum absolute atomic E-state index is 0.0303. The van der Waals surface area contributed by atoms with Crippen LogP contribution >= 0.6 is 0 Å². The molecule has 2 aliphatic heterocycles. The lowest BCUT2D eigenvalue weighted by Crippen LogP contribution is -2.61. The molecule has 0 saturated carbocycles. The highest BCUT2D eigenvalue weighted by atomic mass is 15.2. The highest BCUT2D eigenvalue weighted by Crippen LogP contribution is 2.57. The number of anilines is 6. The van der Waals surface area contributed by atoms with Crippen molar-refractivity contribution in [1.29, 1.82) is 0 Å². The normalized spacial score (nSPS) is 14.3. The van der Waals surface area contributed by atoms with Gasteiger partial charge in [-0.3, -0.25) is 0 Å². The van der Waals surface area contributed by atoms with Gasteiger partial charge < -0.3 is 18.9 Å². The zero-order chi connectivity index (χ0) is 84.7. The minimum Gasteiger partial charge on any atom is -0.310 e. The Bertz CT molecular complexity index is 6940. The van der Waals surface area contributed by atoms with Crippen molar-refractivity contribution in [2.45, 2.75) is 105 Å². The quantitative estimate of drug-likeness (QED) is 0.127. The van der Waals surface area contributed by atoms with Gasteiger partial charge in [-0.2, -0.15) is 0 Å². The van der Waals surface area contributed by atoms with Crippen LogP contribution in [0.1, 0.15) is 119 Å². The largest absolute Gasteiger partial charge is 0.310 e. The van der Waals surface area contributed by atoms with Crippen molar-refractivity contribution in [3.8, 4) is 78.1 Å². The first-order chi connectivity index (χ1) is 57.8. The highest BCUT2D eigenvalue weighted by Gasteiger charge is 2.46. The Kier molecular flexibility index (Phi) is 13.8. The molecular weight excluding hydrogens is 1340 g/mol. The van der Waals surface area contributed by atoms with Crippen molar-refractivity contribution in [2.75, 3.05) is 9.80 Å². The van der Waals surface area contributed by atoms with Crippen molar-refractivity contribution in [2.24, 2.45) is 0 Å². The molecule has 0 unspecified atom stereocenters. The van der Waals surface area contributed by atoms with Crippen LogP contribution in [0.2, 0.25) is 0 Å². The number of benzene rings is 15. The maximum atomic E-state index is 9.81. The van der Waals surface area contributed by atoms with Gasteiger partial charge in [0.2, 0.25) is 0 Å². The SMILES string of the molecule is [2H]c1c([2H])c([2H])c(-c2ccc3c(c2)N(c2c(-c4ccccc4)cc(C(C)(C)C)cc2-c2ccccc2)c2cc(-c4cccc5c4c4ccccc4n5-c4c([2H])c([2H])c([2H])c([2H])c4[2H])cc4c2B3c2ccc(-n3c5ccc(C(C)(C)C)cc5c5cc(C(C)(C)C)ccc53)cc2N4c2c(-c3ccccc3)cc(C(C)(C)C)cc2-c2ccccc2)c([2H])c1[2H]. The molecule has 0 radical (unpaired) electrons. The van der Waals surface area contributed by atoms with Crippen LogP contribution in [0.15, 0.2) is 333 Å². The number of fused-ring (bicyclic) bond motifs is 10. The molecule has 0 spiro atoms. The van der Waals surface area contributed by atoms with Gasteiger partial charge in [-0.1, -0.05) is 313 Å². The molecule has 111 heavy (non-hydrogen) atoms. The maximum Gasteiger partial charge on any atom is 0.252 e. The van der Waals surface area contributed by atoms with E-state index in [0.717, 1.165) is 156 Å². The van der Waals surface area contributed by atoms with E-state index in [-0.39, 0.29) is 57.1 Å². The van der Waals surface area contributed by atoms with Gasteiger partial charge >= 0.3 is 0 Å². The molecule has 0 saturated heterocycles. The Labute approximate surface area is 668 Å². The van der Waals surface area contributed by atoms with Gasteiger partial charge in [-0.15, -0.1) is 0 Å². The van der Waals surface area contributed by atoms with E-state index in [1.807, 2.05) is 53.1 Å². The summed E-state index contributed by atoms with van der Waals surface area (Å²) >= 11 is 0. The summed E-state index contributed by atoms with van der Waals surface area (Å²) in [4.78, 5) is 4.99. The number of rotatable bonds is 10. The van der Waals surface area contributed by atoms with Crippen LogP contribution in [0.3, 0.4) is 0 Å². The van der Waals surface area contributed by atoms with E-state index < -0.39 is 43.0 Å².